The third-order valence-electron chi connectivity index (χ3n) is 3.29. The van der Waals surface area contributed by atoms with Gasteiger partial charge in [-0.2, -0.15) is 0 Å². The number of benzene rings is 2. The fourth-order valence-electron chi connectivity index (χ4n) is 2.15. The molecular weight excluding hydrogens is 264 g/mol. The summed E-state index contributed by atoms with van der Waals surface area (Å²) in [4.78, 5) is 18.3. The standard InChI is InChI=1S/C17H14N2O2/c1-11-2-4-12(5-3-11)6-7-13-8-14-16(15(20)9-13)18-10-19-17(14)21/h2-10,20H,1H3,(H,18,19,21)/b7-6+. The van der Waals surface area contributed by atoms with Crippen LogP contribution in [0.2, 0.25) is 0 Å². The van der Waals surface area contributed by atoms with Crippen molar-refractivity contribution in [2.24, 2.45) is 0 Å². The van der Waals surface area contributed by atoms with E-state index in [1.165, 1.54) is 11.9 Å². The van der Waals surface area contributed by atoms with Crippen LogP contribution in [0.25, 0.3) is 23.1 Å². The van der Waals surface area contributed by atoms with Gasteiger partial charge in [-0.1, -0.05) is 42.0 Å². The monoisotopic (exact) mass is 278 g/mol. The van der Waals surface area contributed by atoms with Crippen molar-refractivity contribution in [3.05, 3.63) is 69.8 Å². The van der Waals surface area contributed by atoms with Gasteiger partial charge in [0.05, 0.1) is 11.7 Å². The van der Waals surface area contributed by atoms with Crippen LogP contribution in [0.15, 0.2) is 47.5 Å². The van der Waals surface area contributed by atoms with Crippen molar-refractivity contribution < 1.29 is 5.11 Å². The molecule has 0 atom stereocenters. The molecule has 4 heteroatoms. The van der Waals surface area contributed by atoms with E-state index < -0.39 is 0 Å². The maximum Gasteiger partial charge on any atom is 0.258 e. The summed E-state index contributed by atoms with van der Waals surface area (Å²) in [6.07, 6.45) is 5.08. The Hall–Kier alpha value is -2.88. The minimum absolute atomic E-state index is 0.00200. The molecule has 2 aromatic carbocycles. The normalized spacial score (nSPS) is 11.3. The van der Waals surface area contributed by atoms with Crippen LogP contribution in [-0.4, -0.2) is 15.1 Å². The highest BCUT2D eigenvalue weighted by molar-refractivity contribution is 5.87. The number of aromatic amines is 1. The topological polar surface area (TPSA) is 66.0 Å². The number of phenolic OH excluding ortho intramolecular Hbond substituents is 1. The first kappa shape index (κ1) is 13.1. The van der Waals surface area contributed by atoms with Crippen molar-refractivity contribution in [1.29, 1.82) is 0 Å². The molecule has 3 aromatic rings. The fourth-order valence-corrected chi connectivity index (χ4v) is 2.15. The molecule has 0 amide bonds. The summed E-state index contributed by atoms with van der Waals surface area (Å²) in [6.45, 7) is 2.04. The lowest BCUT2D eigenvalue weighted by Gasteiger charge is -2.01. The molecular formula is C17H14N2O2. The van der Waals surface area contributed by atoms with E-state index in [9.17, 15) is 9.90 Å². The summed E-state index contributed by atoms with van der Waals surface area (Å²) in [5.74, 6) is 0.00200. The Morgan fingerprint density at radius 1 is 1.10 bits per heavy atom. The van der Waals surface area contributed by atoms with E-state index in [1.807, 2.05) is 43.3 Å². The molecule has 1 heterocycles. The van der Waals surface area contributed by atoms with E-state index in [1.54, 1.807) is 12.1 Å². The molecule has 0 fully saturated rings. The first-order valence-corrected chi connectivity index (χ1v) is 6.58. The van der Waals surface area contributed by atoms with Gasteiger partial charge in [-0.05, 0) is 30.2 Å². The van der Waals surface area contributed by atoms with Crippen LogP contribution < -0.4 is 5.56 Å². The van der Waals surface area contributed by atoms with E-state index in [0.717, 1.165) is 11.1 Å². The van der Waals surface area contributed by atoms with Crippen LogP contribution in [0.4, 0.5) is 0 Å². The Balaban J connectivity index is 2.03. The Morgan fingerprint density at radius 3 is 2.57 bits per heavy atom. The zero-order chi connectivity index (χ0) is 14.8. The average Bonchev–Trinajstić information content (AvgIpc) is 2.48. The van der Waals surface area contributed by atoms with Crippen molar-refractivity contribution >= 4 is 23.1 Å². The molecule has 0 saturated heterocycles. The van der Waals surface area contributed by atoms with Gasteiger partial charge in [0.25, 0.3) is 5.56 Å². The fraction of sp³-hybridized carbons (Fsp3) is 0.0588. The number of aromatic nitrogens is 2. The number of hydrogen-bond donors (Lipinski definition) is 2. The molecule has 0 bridgehead atoms. The molecule has 21 heavy (non-hydrogen) atoms. The summed E-state index contributed by atoms with van der Waals surface area (Å²) in [6, 6.07) is 11.4. The Morgan fingerprint density at radius 2 is 1.81 bits per heavy atom. The maximum atomic E-state index is 11.8. The predicted octanol–water partition coefficient (Wildman–Crippen LogP) is 3.11. The van der Waals surface area contributed by atoms with Gasteiger partial charge in [-0.25, -0.2) is 4.98 Å². The second-order valence-electron chi connectivity index (χ2n) is 4.91. The quantitative estimate of drug-likeness (QED) is 0.708. The van der Waals surface area contributed by atoms with Crippen LogP contribution in [0.1, 0.15) is 16.7 Å². The van der Waals surface area contributed by atoms with E-state index in [0.29, 0.717) is 10.9 Å². The molecule has 104 valence electrons. The molecule has 2 N–H and O–H groups in total. The van der Waals surface area contributed by atoms with Gasteiger partial charge in [0, 0.05) is 0 Å². The minimum Gasteiger partial charge on any atom is -0.506 e. The van der Waals surface area contributed by atoms with Gasteiger partial charge in [0.2, 0.25) is 0 Å². The van der Waals surface area contributed by atoms with E-state index in [-0.39, 0.29) is 11.3 Å². The summed E-state index contributed by atoms with van der Waals surface area (Å²) < 4.78 is 0. The number of nitrogens with one attached hydrogen (secondary N) is 1. The third kappa shape index (κ3) is 2.69. The maximum absolute atomic E-state index is 11.8. The summed E-state index contributed by atoms with van der Waals surface area (Å²) >= 11 is 0. The zero-order valence-electron chi connectivity index (χ0n) is 11.5. The van der Waals surface area contributed by atoms with Crippen LogP contribution >= 0.6 is 0 Å². The van der Waals surface area contributed by atoms with Crippen molar-refractivity contribution in [3.63, 3.8) is 0 Å². The lowest BCUT2D eigenvalue weighted by Crippen LogP contribution is -2.06. The first-order valence-electron chi connectivity index (χ1n) is 6.58. The molecule has 0 unspecified atom stereocenters. The minimum atomic E-state index is -0.263. The van der Waals surface area contributed by atoms with Crippen molar-refractivity contribution in [3.8, 4) is 5.75 Å². The van der Waals surface area contributed by atoms with Crippen LogP contribution in [0.5, 0.6) is 5.75 Å². The Labute approximate surface area is 121 Å². The van der Waals surface area contributed by atoms with E-state index in [4.69, 9.17) is 0 Å². The summed E-state index contributed by atoms with van der Waals surface area (Å²) in [5.41, 5.74) is 3.06. The van der Waals surface area contributed by atoms with E-state index >= 15 is 0 Å². The number of fused-ring (bicyclic) bond motifs is 1. The largest absolute Gasteiger partial charge is 0.506 e. The van der Waals surface area contributed by atoms with Crippen LogP contribution in [-0.2, 0) is 0 Å². The number of rotatable bonds is 2. The zero-order valence-corrected chi connectivity index (χ0v) is 11.5. The van der Waals surface area contributed by atoms with E-state index in [2.05, 4.69) is 9.97 Å². The molecule has 1 aromatic heterocycles. The average molecular weight is 278 g/mol. The molecule has 4 nitrogen and oxygen atoms in total. The number of phenols is 1. The van der Waals surface area contributed by atoms with Gasteiger partial charge in [-0.15, -0.1) is 0 Å². The van der Waals surface area contributed by atoms with Crippen molar-refractivity contribution in [2.75, 3.05) is 0 Å². The molecule has 0 radical (unpaired) electrons. The van der Waals surface area contributed by atoms with Gasteiger partial charge >= 0.3 is 0 Å². The molecule has 0 saturated carbocycles. The van der Waals surface area contributed by atoms with Crippen LogP contribution in [0, 0.1) is 6.92 Å². The van der Waals surface area contributed by atoms with Gasteiger partial charge in [0.15, 0.2) is 0 Å². The molecule has 0 aliphatic rings. The molecule has 0 aliphatic carbocycles. The summed E-state index contributed by atoms with van der Waals surface area (Å²) in [7, 11) is 0. The lowest BCUT2D eigenvalue weighted by atomic mass is 10.1. The number of hydrogen-bond acceptors (Lipinski definition) is 3. The molecule has 0 spiro atoms. The number of aromatic hydroxyl groups is 1. The molecule has 0 aliphatic heterocycles. The highest BCUT2D eigenvalue weighted by Gasteiger charge is 2.05. The smallest absolute Gasteiger partial charge is 0.258 e. The predicted molar refractivity (Wildman–Crippen MR) is 84.1 cm³/mol. The Kier molecular flexibility index (Phi) is 3.28. The SMILES string of the molecule is Cc1ccc(/C=C/c2cc(O)c3nc[nH]c(=O)c3c2)cc1. The van der Waals surface area contributed by atoms with Crippen molar-refractivity contribution in [2.45, 2.75) is 6.92 Å². The third-order valence-corrected chi connectivity index (χ3v) is 3.29. The first-order chi connectivity index (χ1) is 10.1. The highest BCUT2D eigenvalue weighted by atomic mass is 16.3. The lowest BCUT2D eigenvalue weighted by molar-refractivity contribution is 0.480. The second-order valence-corrected chi connectivity index (χ2v) is 4.91. The van der Waals surface area contributed by atoms with Gasteiger partial charge < -0.3 is 10.1 Å². The second kappa shape index (κ2) is 5.25. The Bertz CT molecular complexity index is 877. The van der Waals surface area contributed by atoms with Gasteiger partial charge in [0.1, 0.15) is 11.3 Å². The van der Waals surface area contributed by atoms with Gasteiger partial charge in [-0.3, -0.25) is 4.79 Å². The number of nitrogens with zero attached hydrogens (tertiary/aromatic N) is 1. The van der Waals surface area contributed by atoms with Crippen molar-refractivity contribution in [1.82, 2.24) is 9.97 Å². The summed E-state index contributed by atoms with van der Waals surface area (Å²) in [5, 5.41) is 10.3. The van der Waals surface area contributed by atoms with Crippen LogP contribution in [0.3, 0.4) is 0 Å². The number of H-pyrrole nitrogens is 1. The number of aryl methyl sites for hydroxylation is 1. The molecule has 3 rings (SSSR count). The highest BCUT2D eigenvalue weighted by Crippen LogP contribution is 2.23.